The predicted octanol–water partition coefficient (Wildman–Crippen LogP) is 3.64. The third-order valence-corrected chi connectivity index (χ3v) is 5.59. The molecule has 0 saturated carbocycles. The molecule has 0 aromatic heterocycles. The van der Waals surface area contributed by atoms with E-state index in [9.17, 15) is 14.0 Å². The second kappa shape index (κ2) is 9.38. The van der Waals surface area contributed by atoms with E-state index in [1.807, 2.05) is 13.8 Å². The van der Waals surface area contributed by atoms with E-state index < -0.39 is 17.9 Å². The SMILES string of the molecule is COC1C(C)C(=O)CNC(C)CCCC(C)C1C(=O)c1ccc(F)cc1. The van der Waals surface area contributed by atoms with Gasteiger partial charge in [0.05, 0.1) is 18.6 Å². The van der Waals surface area contributed by atoms with Gasteiger partial charge in [-0.15, -0.1) is 0 Å². The molecule has 144 valence electrons. The maximum atomic E-state index is 13.2. The van der Waals surface area contributed by atoms with Gasteiger partial charge in [0.15, 0.2) is 11.6 Å². The van der Waals surface area contributed by atoms with Gasteiger partial charge in [-0.05, 0) is 49.9 Å². The molecule has 1 N–H and O–H groups in total. The number of carbonyl (C=O) groups is 2. The van der Waals surface area contributed by atoms with Crippen LogP contribution in [-0.4, -0.2) is 37.4 Å². The maximum Gasteiger partial charge on any atom is 0.168 e. The van der Waals surface area contributed by atoms with Crippen LogP contribution in [0.1, 0.15) is 50.4 Å². The van der Waals surface area contributed by atoms with Crippen molar-refractivity contribution in [2.24, 2.45) is 17.8 Å². The van der Waals surface area contributed by atoms with Gasteiger partial charge in [-0.25, -0.2) is 4.39 Å². The maximum absolute atomic E-state index is 13.2. The molecule has 1 aromatic carbocycles. The van der Waals surface area contributed by atoms with Crippen molar-refractivity contribution >= 4 is 11.6 Å². The van der Waals surface area contributed by atoms with Crippen molar-refractivity contribution in [3.8, 4) is 0 Å². The standard InChI is InChI=1S/C21H30FNO3/c1-13-6-5-7-14(2)23-12-18(24)15(3)21(26-4)19(13)20(25)16-8-10-17(22)11-9-16/h8-11,13-15,19,21,23H,5-7,12H2,1-4H3. The lowest BCUT2D eigenvalue weighted by Gasteiger charge is -2.33. The lowest BCUT2D eigenvalue weighted by molar-refractivity contribution is -0.127. The number of rotatable bonds is 3. The zero-order valence-corrected chi connectivity index (χ0v) is 16.1. The summed E-state index contributed by atoms with van der Waals surface area (Å²) in [6, 6.07) is 5.89. The third kappa shape index (κ3) is 4.98. The number of ether oxygens (including phenoxy) is 1. The van der Waals surface area contributed by atoms with Gasteiger partial charge in [0.2, 0.25) is 0 Å². The summed E-state index contributed by atoms with van der Waals surface area (Å²) in [7, 11) is 1.56. The third-order valence-electron chi connectivity index (χ3n) is 5.59. The second-order valence-corrected chi connectivity index (χ2v) is 7.54. The molecule has 5 atom stereocenters. The number of ketones is 2. The van der Waals surface area contributed by atoms with Gasteiger partial charge in [-0.1, -0.05) is 20.3 Å². The van der Waals surface area contributed by atoms with Crippen LogP contribution in [0.5, 0.6) is 0 Å². The second-order valence-electron chi connectivity index (χ2n) is 7.54. The summed E-state index contributed by atoms with van der Waals surface area (Å²) in [5.41, 5.74) is 0.464. The summed E-state index contributed by atoms with van der Waals surface area (Å²) >= 11 is 0. The highest BCUT2D eigenvalue weighted by Gasteiger charge is 2.39. The van der Waals surface area contributed by atoms with Crippen LogP contribution in [0.2, 0.25) is 0 Å². The first-order valence-corrected chi connectivity index (χ1v) is 9.43. The Kier molecular flexibility index (Phi) is 7.47. The number of hydrogen-bond donors (Lipinski definition) is 1. The number of nitrogens with one attached hydrogen (secondary N) is 1. The highest BCUT2D eigenvalue weighted by molar-refractivity contribution is 5.99. The van der Waals surface area contributed by atoms with Crippen LogP contribution in [0, 0.1) is 23.6 Å². The molecule has 1 saturated heterocycles. The summed E-state index contributed by atoms with van der Waals surface area (Å²) < 4.78 is 18.9. The summed E-state index contributed by atoms with van der Waals surface area (Å²) in [5, 5.41) is 3.27. The first-order valence-electron chi connectivity index (χ1n) is 9.43. The van der Waals surface area contributed by atoms with E-state index >= 15 is 0 Å². The highest BCUT2D eigenvalue weighted by Crippen LogP contribution is 2.31. The Morgan fingerprint density at radius 3 is 2.42 bits per heavy atom. The van der Waals surface area contributed by atoms with Crippen LogP contribution in [0.3, 0.4) is 0 Å². The summed E-state index contributed by atoms with van der Waals surface area (Å²) in [6.07, 6.45) is 2.32. The minimum Gasteiger partial charge on any atom is -0.380 e. The molecule has 1 aliphatic heterocycles. The van der Waals surface area contributed by atoms with Crippen molar-refractivity contribution in [3.63, 3.8) is 0 Å². The number of benzene rings is 1. The molecular weight excluding hydrogens is 333 g/mol. The molecule has 1 heterocycles. The lowest BCUT2D eigenvalue weighted by atomic mass is 9.75. The Balaban J connectivity index is 2.36. The van der Waals surface area contributed by atoms with Crippen molar-refractivity contribution in [2.75, 3.05) is 13.7 Å². The monoisotopic (exact) mass is 363 g/mol. The topological polar surface area (TPSA) is 55.4 Å². The first-order chi connectivity index (χ1) is 12.3. The van der Waals surface area contributed by atoms with E-state index in [-0.39, 0.29) is 35.9 Å². The van der Waals surface area contributed by atoms with Crippen LogP contribution in [0.25, 0.3) is 0 Å². The fraction of sp³-hybridized carbons (Fsp3) is 0.619. The van der Waals surface area contributed by atoms with Crippen LogP contribution in [0.15, 0.2) is 24.3 Å². The summed E-state index contributed by atoms with van der Waals surface area (Å²) in [5.74, 6) is -1.16. The average Bonchev–Trinajstić information content (AvgIpc) is 2.64. The zero-order chi connectivity index (χ0) is 19.3. The molecule has 5 unspecified atom stereocenters. The van der Waals surface area contributed by atoms with Gasteiger partial charge in [0, 0.05) is 24.6 Å². The number of Topliss-reactive ketones (excluding diaryl/α,β-unsaturated/α-hetero) is 2. The van der Waals surface area contributed by atoms with Crippen LogP contribution in [-0.2, 0) is 9.53 Å². The molecular formula is C21H30FNO3. The fourth-order valence-electron chi connectivity index (χ4n) is 3.85. The molecule has 0 bridgehead atoms. The van der Waals surface area contributed by atoms with Crippen LogP contribution >= 0.6 is 0 Å². The summed E-state index contributed by atoms with van der Waals surface area (Å²) in [6.45, 7) is 6.24. The molecule has 2 rings (SSSR count). The minimum absolute atomic E-state index is 0.0507. The number of methoxy groups -OCH3 is 1. The van der Waals surface area contributed by atoms with Gasteiger partial charge in [-0.3, -0.25) is 9.59 Å². The van der Waals surface area contributed by atoms with Gasteiger partial charge in [0.1, 0.15) is 5.82 Å². The van der Waals surface area contributed by atoms with E-state index in [1.165, 1.54) is 24.3 Å². The molecule has 0 amide bonds. The largest absolute Gasteiger partial charge is 0.380 e. The minimum atomic E-state index is -0.495. The number of hydrogen-bond acceptors (Lipinski definition) is 4. The van der Waals surface area contributed by atoms with Gasteiger partial charge >= 0.3 is 0 Å². The average molecular weight is 363 g/mol. The van der Waals surface area contributed by atoms with E-state index in [0.717, 1.165) is 19.3 Å². The van der Waals surface area contributed by atoms with Crippen LogP contribution < -0.4 is 5.32 Å². The smallest absolute Gasteiger partial charge is 0.168 e. The Hall–Kier alpha value is -1.59. The van der Waals surface area contributed by atoms with Gasteiger partial charge in [0.25, 0.3) is 0 Å². The Morgan fingerprint density at radius 1 is 1.15 bits per heavy atom. The first kappa shape index (κ1) is 20.7. The lowest BCUT2D eigenvalue weighted by Crippen LogP contribution is -2.44. The van der Waals surface area contributed by atoms with E-state index in [0.29, 0.717) is 5.56 Å². The quantitative estimate of drug-likeness (QED) is 0.833. The molecule has 26 heavy (non-hydrogen) atoms. The Bertz CT molecular complexity index is 616. The number of halogens is 1. The fourth-order valence-corrected chi connectivity index (χ4v) is 3.85. The predicted molar refractivity (Wildman–Crippen MR) is 99.7 cm³/mol. The molecule has 4 nitrogen and oxygen atoms in total. The van der Waals surface area contributed by atoms with Gasteiger partial charge in [-0.2, -0.15) is 0 Å². The van der Waals surface area contributed by atoms with Crippen molar-refractivity contribution in [1.29, 1.82) is 0 Å². The van der Waals surface area contributed by atoms with Crippen molar-refractivity contribution < 1.29 is 18.7 Å². The highest BCUT2D eigenvalue weighted by atomic mass is 19.1. The van der Waals surface area contributed by atoms with E-state index in [4.69, 9.17) is 4.74 Å². The molecule has 0 radical (unpaired) electrons. The molecule has 0 spiro atoms. The normalized spacial score (nSPS) is 31.3. The van der Waals surface area contributed by atoms with E-state index in [2.05, 4.69) is 12.2 Å². The van der Waals surface area contributed by atoms with Gasteiger partial charge < -0.3 is 10.1 Å². The summed E-state index contributed by atoms with van der Waals surface area (Å²) in [4.78, 5) is 25.8. The van der Waals surface area contributed by atoms with E-state index in [1.54, 1.807) is 7.11 Å². The molecule has 1 aromatic rings. The molecule has 0 aliphatic carbocycles. The Labute approximate surface area is 155 Å². The zero-order valence-electron chi connectivity index (χ0n) is 16.1. The molecule has 1 fully saturated rings. The van der Waals surface area contributed by atoms with Crippen molar-refractivity contribution in [3.05, 3.63) is 35.6 Å². The molecule has 5 heteroatoms. The van der Waals surface area contributed by atoms with Crippen LogP contribution in [0.4, 0.5) is 4.39 Å². The van der Waals surface area contributed by atoms with Crippen molar-refractivity contribution in [1.82, 2.24) is 5.32 Å². The van der Waals surface area contributed by atoms with Crippen molar-refractivity contribution in [2.45, 2.75) is 52.2 Å². The Morgan fingerprint density at radius 2 is 1.81 bits per heavy atom. The molecule has 1 aliphatic rings. The number of carbonyl (C=O) groups excluding carboxylic acids is 2.